The average molecular weight is 290 g/mol. The van der Waals surface area contributed by atoms with Crippen LogP contribution in [0.15, 0.2) is 6.20 Å². The van der Waals surface area contributed by atoms with E-state index in [1.54, 1.807) is 0 Å². The van der Waals surface area contributed by atoms with Gasteiger partial charge in [-0.05, 0) is 26.8 Å². The van der Waals surface area contributed by atoms with E-state index in [2.05, 4.69) is 48.0 Å². The largest absolute Gasteiger partial charge is 0.369 e. The molecule has 21 heavy (non-hydrogen) atoms. The lowest BCUT2D eigenvalue weighted by atomic mass is 10.3. The quantitative estimate of drug-likeness (QED) is 0.848. The van der Waals surface area contributed by atoms with Gasteiger partial charge >= 0.3 is 0 Å². The maximum absolute atomic E-state index is 4.70. The number of hydrogen-bond donors (Lipinski definition) is 1. The van der Waals surface area contributed by atoms with Gasteiger partial charge in [0.05, 0.1) is 18.1 Å². The second kappa shape index (κ2) is 6.85. The fraction of sp³-hybridized carbons (Fsp3) is 0.667. The van der Waals surface area contributed by atoms with Gasteiger partial charge < -0.3 is 5.32 Å². The first-order chi connectivity index (χ1) is 10.1. The van der Waals surface area contributed by atoms with Crippen molar-refractivity contribution in [1.82, 2.24) is 24.6 Å². The van der Waals surface area contributed by atoms with Crippen LogP contribution in [0.25, 0.3) is 11.0 Å². The molecule has 2 aromatic heterocycles. The number of fused-ring (bicyclic) bond motifs is 1. The maximum atomic E-state index is 4.70. The van der Waals surface area contributed by atoms with Crippen LogP contribution in [0.4, 0.5) is 5.82 Å². The molecule has 0 aliphatic rings. The fourth-order valence-corrected chi connectivity index (χ4v) is 2.36. The zero-order valence-electron chi connectivity index (χ0n) is 13.7. The van der Waals surface area contributed by atoms with E-state index in [1.807, 2.05) is 17.9 Å². The Balaban J connectivity index is 2.37. The third kappa shape index (κ3) is 3.50. The van der Waals surface area contributed by atoms with Gasteiger partial charge in [-0.1, -0.05) is 13.8 Å². The van der Waals surface area contributed by atoms with E-state index in [0.29, 0.717) is 6.04 Å². The summed E-state index contributed by atoms with van der Waals surface area (Å²) < 4.78 is 1.81. The third-order valence-electron chi connectivity index (χ3n) is 3.66. The van der Waals surface area contributed by atoms with Gasteiger partial charge in [-0.2, -0.15) is 5.10 Å². The zero-order chi connectivity index (χ0) is 15.4. The van der Waals surface area contributed by atoms with Crippen LogP contribution in [0.3, 0.4) is 0 Å². The number of hydrogen-bond acceptors (Lipinski definition) is 5. The number of anilines is 1. The molecule has 0 saturated heterocycles. The van der Waals surface area contributed by atoms with Crippen LogP contribution in [0.1, 0.15) is 39.9 Å². The summed E-state index contributed by atoms with van der Waals surface area (Å²) in [4.78, 5) is 11.7. The topological polar surface area (TPSA) is 58.9 Å². The van der Waals surface area contributed by atoms with E-state index >= 15 is 0 Å². The van der Waals surface area contributed by atoms with Crippen molar-refractivity contribution in [3.05, 3.63) is 12.0 Å². The number of nitrogens with one attached hydrogen (secondary N) is 1. The Kier molecular flexibility index (Phi) is 5.12. The average Bonchev–Trinajstić information content (AvgIpc) is 2.83. The van der Waals surface area contributed by atoms with Crippen molar-refractivity contribution in [3.8, 4) is 0 Å². The lowest BCUT2D eigenvalue weighted by Gasteiger charge is -2.24. The highest BCUT2D eigenvalue weighted by Crippen LogP contribution is 2.20. The second-order valence-electron chi connectivity index (χ2n) is 5.58. The molecular weight excluding hydrogens is 264 g/mol. The van der Waals surface area contributed by atoms with Crippen molar-refractivity contribution in [1.29, 1.82) is 0 Å². The van der Waals surface area contributed by atoms with Crippen molar-refractivity contribution in [3.63, 3.8) is 0 Å². The highest BCUT2D eigenvalue weighted by molar-refractivity contribution is 5.86. The molecule has 6 heteroatoms. The molecule has 0 amide bonds. The standard InChI is InChI=1S/C15H26N6/c1-6-8-16-14-12-9-17-20(5)15(12)19-13(18-14)10-21(7-2)11(3)4/h9,11H,6-8,10H2,1-5H3,(H,16,18,19). The molecule has 2 aromatic rings. The Morgan fingerprint density at radius 3 is 2.67 bits per heavy atom. The van der Waals surface area contributed by atoms with Gasteiger partial charge in [0.1, 0.15) is 11.6 Å². The molecule has 0 aromatic carbocycles. The molecule has 0 saturated carbocycles. The van der Waals surface area contributed by atoms with E-state index in [4.69, 9.17) is 4.98 Å². The summed E-state index contributed by atoms with van der Waals surface area (Å²) in [5.74, 6) is 1.74. The van der Waals surface area contributed by atoms with Crippen molar-refractivity contribution in [2.45, 2.75) is 46.7 Å². The Labute approximate surface area is 126 Å². The molecule has 2 heterocycles. The molecule has 0 atom stereocenters. The Bertz CT molecular complexity index is 589. The minimum absolute atomic E-state index is 0.480. The number of nitrogens with zero attached hydrogens (tertiary/aromatic N) is 5. The third-order valence-corrected chi connectivity index (χ3v) is 3.66. The molecule has 0 spiro atoms. The first-order valence-electron chi connectivity index (χ1n) is 7.73. The highest BCUT2D eigenvalue weighted by atomic mass is 15.3. The van der Waals surface area contributed by atoms with E-state index < -0.39 is 0 Å². The van der Waals surface area contributed by atoms with E-state index in [-0.39, 0.29) is 0 Å². The Morgan fingerprint density at radius 1 is 1.29 bits per heavy atom. The van der Waals surface area contributed by atoms with Crippen LogP contribution in [-0.4, -0.2) is 43.8 Å². The minimum atomic E-state index is 0.480. The van der Waals surface area contributed by atoms with Crippen LogP contribution >= 0.6 is 0 Å². The highest BCUT2D eigenvalue weighted by Gasteiger charge is 2.14. The first kappa shape index (κ1) is 15.7. The SMILES string of the molecule is CCCNc1nc(CN(CC)C(C)C)nc2c1cnn2C. The summed E-state index contributed by atoms with van der Waals surface area (Å²) in [5, 5.41) is 8.68. The lowest BCUT2D eigenvalue weighted by molar-refractivity contribution is 0.219. The Hall–Kier alpha value is -1.69. The van der Waals surface area contributed by atoms with Crippen molar-refractivity contribution >= 4 is 16.9 Å². The van der Waals surface area contributed by atoms with Crippen molar-refractivity contribution < 1.29 is 0 Å². The van der Waals surface area contributed by atoms with Crippen LogP contribution < -0.4 is 5.32 Å². The molecule has 0 unspecified atom stereocenters. The van der Waals surface area contributed by atoms with Gasteiger partial charge in [-0.25, -0.2) is 9.97 Å². The molecule has 1 N–H and O–H groups in total. The van der Waals surface area contributed by atoms with Crippen molar-refractivity contribution in [2.24, 2.45) is 7.05 Å². The summed E-state index contributed by atoms with van der Waals surface area (Å²) in [5.41, 5.74) is 0.887. The molecule has 0 bridgehead atoms. The number of rotatable bonds is 7. The zero-order valence-corrected chi connectivity index (χ0v) is 13.7. The predicted octanol–water partition coefficient (Wildman–Crippen LogP) is 2.42. The van der Waals surface area contributed by atoms with Crippen molar-refractivity contribution in [2.75, 3.05) is 18.4 Å². The van der Waals surface area contributed by atoms with Crippen LogP contribution in [-0.2, 0) is 13.6 Å². The molecule has 0 radical (unpaired) electrons. The monoisotopic (exact) mass is 290 g/mol. The molecule has 2 rings (SSSR count). The molecule has 0 aliphatic heterocycles. The van der Waals surface area contributed by atoms with Gasteiger partial charge in [0.25, 0.3) is 0 Å². The summed E-state index contributed by atoms with van der Waals surface area (Å²) in [7, 11) is 1.92. The summed E-state index contributed by atoms with van der Waals surface area (Å²) in [6.45, 7) is 11.4. The normalized spacial score (nSPS) is 11.8. The van der Waals surface area contributed by atoms with Gasteiger partial charge in [0, 0.05) is 19.6 Å². The summed E-state index contributed by atoms with van der Waals surface area (Å²) in [6.07, 6.45) is 2.89. The number of aromatic nitrogens is 4. The van der Waals surface area contributed by atoms with E-state index in [1.165, 1.54) is 0 Å². The smallest absolute Gasteiger partial charge is 0.163 e. The molecule has 6 nitrogen and oxygen atoms in total. The van der Waals surface area contributed by atoms with E-state index in [9.17, 15) is 0 Å². The second-order valence-corrected chi connectivity index (χ2v) is 5.58. The maximum Gasteiger partial charge on any atom is 0.163 e. The predicted molar refractivity (Wildman–Crippen MR) is 86.3 cm³/mol. The first-order valence-corrected chi connectivity index (χ1v) is 7.73. The minimum Gasteiger partial charge on any atom is -0.369 e. The molecule has 0 fully saturated rings. The molecular formula is C15H26N6. The molecule has 116 valence electrons. The number of aryl methyl sites for hydroxylation is 1. The van der Waals surface area contributed by atoms with Gasteiger partial charge in [-0.3, -0.25) is 9.58 Å². The summed E-state index contributed by atoms with van der Waals surface area (Å²) in [6, 6.07) is 0.480. The fourth-order valence-electron chi connectivity index (χ4n) is 2.36. The Morgan fingerprint density at radius 2 is 2.05 bits per heavy atom. The van der Waals surface area contributed by atoms with Gasteiger partial charge in [0.2, 0.25) is 0 Å². The molecule has 0 aliphatic carbocycles. The lowest BCUT2D eigenvalue weighted by Crippen LogP contribution is -2.31. The van der Waals surface area contributed by atoms with Gasteiger partial charge in [-0.15, -0.1) is 0 Å². The van der Waals surface area contributed by atoms with Crippen LogP contribution in [0, 0.1) is 0 Å². The van der Waals surface area contributed by atoms with Crippen LogP contribution in [0.5, 0.6) is 0 Å². The van der Waals surface area contributed by atoms with Crippen LogP contribution in [0.2, 0.25) is 0 Å². The van der Waals surface area contributed by atoms with Gasteiger partial charge in [0.15, 0.2) is 5.65 Å². The summed E-state index contributed by atoms with van der Waals surface area (Å²) >= 11 is 0. The van der Waals surface area contributed by atoms with E-state index in [0.717, 1.165) is 48.7 Å².